The standard InChI is InChI=1S/C8H12N2O4S2/c1-4-7(15-8(12)9-4)16(13,14)10-5-2-6(11)3-5/h5-6,10-11H,2-3H2,1H3,(H,9,12). The van der Waals surface area contributed by atoms with Crippen molar-refractivity contribution in [1.29, 1.82) is 0 Å². The minimum Gasteiger partial charge on any atom is -0.393 e. The lowest BCUT2D eigenvalue weighted by atomic mass is 9.91. The number of H-pyrrole nitrogens is 1. The average Bonchev–Trinajstić information content (AvgIpc) is 2.43. The van der Waals surface area contributed by atoms with Gasteiger partial charge in [0.25, 0.3) is 10.0 Å². The molecule has 6 nitrogen and oxygen atoms in total. The van der Waals surface area contributed by atoms with E-state index in [2.05, 4.69) is 9.71 Å². The molecule has 16 heavy (non-hydrogen) atoms. The highest BCUT2D eigenvalue weighted by molar-refractivity contribution is 7.91. The number of aromatic nitrogens is 1. The minimum absolute atomic E-state index is 0.0267. The zero-order valence-corrected chi connectivity index (χ0v) is 10.2. The van der Waals surface area contributed by atoms with Crippen LogP contribution in [0.5, 0.6) is 0 Å². The van der Waals surface area contributed by atoms with E-state index in [0.29, 0.717) is 29.9 Å². The molecule has 0 spiro atoms. The van der Waals surface area contributed by atoms with E-state index in [0.717, 1.165) is 0 Å². The molecule has 1 aromatic rings. The van der Waals surface area contributed by atoms with Gasteiger partial charge in [-0.05, 0) is 19.8 Å². The van der Waals surface area contributed by atoms with Crippen LogP contribution in [0.3, 0.4) is 0 Å². The van der Waals surface area contributed by atoms with E-state index in [-0.39, 0.29) is 15.1 Å². The summed E-state index contributed by atoms with van der Waals surface area (Å²) in [5, 5.41) is 9.06. The lowest BCUT2D eigenvalue weighted by molar-refractivity contribution is 0.0712. The molecule has 90 valence electrons. The molecule has 1 aromatic heterocycles. The second-order valence-electron chi connectivity index (χ2n) is 3.87. The number of aliphatic hydroxyl groups excluding tert-OH is 1. The molecule has 1 aliphatic carbocycles. The average molecular weight is 264 g/mol. The Hall–Kier alpha value is -0.700. The summed E-state index contributed by atoms with van der Waals surface area (Å²) in [4.78, 5) is 13.1. The van der Waals surface area contributed by atoms with E-state index in [1.54, 1.807) is 6.92 Å². The predicted molar refractivity (Wildman–Crippen MR) is 59.0 cm³/mol. The maximum Gasteiger partial charge on any atom is 0.305 e. The van der Waals surface area contributed by atoms with Crippen LogP contribution >= 0.6 is 11.3 Å². The third kappa shape index (κ3) is 2.19. The summed E-state index contributed by atoms with van der Waals surface area (Å²) in [5.74, 6) is 0. The van der Waals surface area contributed by atoms with Crippen molar-refractivity contribution in [1.82, 2.24) is 9.71 Å². The third-order valence-electron chi connectivity index (χ3n) is 2.46. The summed E-state index contributed by atoms with van der Waals surface area (Å²) in [6.45, 7) is 1.54. The van der Waals surface area contributed by atoms with Gasteiger partial charge in [0, 0.05) is 11.7 Å². The molecule has 1 aliphatic rings. The number of sulfonamides is 1. The first kappa shape index (κ1) is 11.8. The summed E-state index contributed by atoms with van der Waals surface area (Å²) < 4.78 is 26.2. The second-order valence-corrected chi connectivity index (χ2v) is 6.76. The first-order valence-corrected chi connectivity index (χ1v) is 7.08. The van der Waals surface area contributed by atoms with Crippen LogP contribution in [0.1, 0.15) is 18.5 Å². The van der Waals surface area contributed by atoms with Crippen molar-refractivity contribution in [2.45, 2.75) is 36.1 Å². The van der Waals surface area contributed by atoms with Crippen molar-refractivity contribution < 1.29 is 13.5 Å². The van der Waals surface area contributed by atoms with Crippen molar-refractivity contribution in [3.05, 3.63) is 15.4 Å². The first-order valence-electron chi connectivity index (χ1n) is 4.78. The molecule has 0 aliphatic heterocycles. The highest BCUT2D eigenvalue weighted by atomic mass is 32.2. The number of aliphatic hydroxyl groups is 1. The van der Waals surface area contributed by atoms with Gasteiger partial charge in [-0.3, -0.25) is 4.79 Å². The maximum atomic E-state index is 11.8. The Morgan fingerprint density at radius 2 is 2.12 bits per heavy atom. The van der Waals surface area contributed by atoms with E-state index in [9.17, 15) is 13.2 Å². The molecule has 3 N–H and O–H groups in total. The monoisotopic (exact) mass is 264 g/mol. The molecule has 0 aromatic carbocycles. The van der Waals surface area contributed by atoms with Crippen LogP contribution in [-0.2, 0) is 10.0 Å². The molecule has 0 radical (unpaired) electrons. The lowest BCUT2D eigenvalue weighted by Gasteiger charge is -2.31. The lowest BCUT2D eigenvalue weighted by Crippen LogP contribution is -2.46. The Labute approximate surface area is 96.4 Å². The van der Waals surface area contributed by atoms with Gasteiger partial charge in [-0.2, -0.15) is 0 Å². The van der Waals surface area contributed by atoms with Gasteiger partial charge in [0.05, 0.1) is 6.10 Å². The number of rotatable bonds is 3. The molecule has 1 fully saturated rings. The normalized spacial score (nSPS) is 25.4. The molecule has 2 rings (SSSR count). The van der Waals surface area contributed by atoms with Crippen molar-refractivity contribution in [3.63, 3.8) is 0 Å². The number of nitrogens with one attached hydrogen (secondary N) is 2. The topological polar surface area (TPSA) is 99.3 Å². The van der Waals surface area contributed by atoms with Crippen LogP contribution in [0.2, 0.25) is 0 Å². The van der Waals surface area contributed by atoms with Crippen LogP contribution in [0.15, 0.2) is 9.00 Å². The van der Waals surface area contributed by atoms with Gasteiger partial charge in [-0.1, -0.05) is 11.3 Å². The number of aryl methyl sites for hydroxylation is 1. The molecular weight excluding hydrogens is 252 g/mol. The Kier molecular flexibility index (Phi) is 2.91. The van der Waals surface area contributed by atoms with E-state index in [1.165, 1.54) is 0 Å². The highest BCUT2D eigenvalue weighted by Gasteiger charge is 2.32. The third-order valence-corrected chi connectivity index (χ3v) is 5.59. The summed E-state index contributed by atoms with van der Waals surface area (Å²) in [5.41, 5.74) is 0.349. The molecule has 0 amide bonds. The minimum atomic E-state index is -3.63. The van der Waals surface area contributed by atoms with E-state index in [4.69, 9.17) is 5.11 Å². The zero-order chi connectivity index (χ0) is 11.9. The maximum absolute atomic E-state index is 11.8. The van der Waals surface area contributed by atoms with Gasteiger partial charge in [-0.15, -0.1) is 0 Å². The van der Waals surface area contributed by atoms with Crippen molar-refractivity contribution >= 4 is 21.4 Å². The van der Waals surface area contributed by atoms with Gasteiger partial charge in [0.15, 0.2) is 4.21 Å². The molecular formula is C8H12N2O4S2. The smallest absolute Gasteiger partial charge is 0.305 e. The van der Waals surface area contributed by atoms with Gasteiger partial charge >= 0.3 is 4.87 Å². The number of hydrogen-bond donors (Lipinski definition) is 3. The largest absolute Gasteiger partial charge is 0.393 e. The van der Waals surface area contributed by atoms with Gasteiger partial charge in [-0.25, -0.2) is 13.1 Å². The SMILES string of the molecule is Cc1[nH]c(=O)sc1S(=O)(=O)NC1CC(O)C1. The van der Waals surface area contributed by atoms with Crippen molar-refractivity contribution in [3.8, 4) is 0 Å². The molecule has 0 atom stereocenters. The molecule has 8 heteroatoms. The fourth-order valence-corrected chi connectivity index (χ4v) is 4.18. The van der Waals surface area contributed by atoms with Gasteiger partial charge in [0.1, 0.15) is 0 Å². The van der Waals surface area contributed by atoms with E-state index in [1.807, 2.05) is 0 Å². The fraction of sp³-hybridized carbons (Fsp3) is 0.625. The molecule has 0 unspecified atom stereocenters. The molecule has 1 heterocycles. The molecule has 1 saturated carbocycles. The van der Waals surface area contributed by atoms with Crippen LogP contribution < -0.4 is 9.60 Å². The molecule has 0 bridgehead atoms. The quantitative estimate of drug-likeness (QED) is 0.688. The first-order chi connectivity index (χ1) is 7.38. The van der Waals surface area contributed by atoms with Crippen molar-refractivity contribution in [2.75, 3.05) is 0 Å². The summed E-state index contributed by atoms with van der Waals surface area (Å²) >= 11 is 0.675. The van der Waals surface area contributed by atoms with Crippen molar-refractivity contribution in [2.24, 2.45) is 0 Å². The number of hydrogen-bond acceptors (Lipinski definition) is 5. The Morgan fingerprint density at radius 1 is 1.50 bits per heavy atom. The number of aromatic amines is 1. The second kappa shape index (κ2) is 3.95. The highest BCUT2D eigenvalue weighted by Crippen LogP contribution is 2.23. The van der Waals surface area contributed by atoms with E-state index < -0.39 is 16.1 Å². The summed E-state index contributed by atoms with van der Waals surface area (Å²) in [7, 11) is -3.63. The van der Waals surface area contributed by atoms with E-state index >= 15 is 0 Å². The Balaban J connectivity index is 2.19. The Bertz CT molecular complexity index is 539. The van der Waals surface area contributed by atoms with Crippen LogP contribution in [-0.4, -0.2) is 30.7 Å². The summed E-state index contributed by atoms with van der Waals surface area (Å²) in [6, 6.07) is -0.225. The van der Waals surface area contributed by atoms with Crippen LogP contribution in [0, 0.1) is 6.92 Å². The van der Waals surface area contributed by atoms with Gasteiger partial charge < -0.3 is 10.1 Å². The fourth-order valence-electron chi connectivity index (χ4n) is 1.60. The van der Waals surface area contributed by atoms with Crippen LogP contribution in [0.25, 0.3) is 0 Å². The number of thiazole rings is 1. The zero-order valence-electron chi connectivity index (χ0n) is 8.56. The summed E-state index contributed by atoms with van der Waals surface area (Å²) in [6.07, 6.45) is 0.439. The van der Waals surface area contributed by atoms with Crippen LogP contribution in [0.4, 0.5) is 0 Å². The Morgan fingerprint density at radius 3 is 2.56 bits per heavy atom. The predicted octanol–water partition coefficient (Wildman–Crippen LogP) is -0.454. The van der Waals surface area contributed by atoms with Gasteiger partial charge in [0.2, 0.25) is 0 Å². The molecule has 0 saturated heterocycles.